The number of phenolic OH excluding ortho intramolecular Hbond substituents is 1. The van der Waals surface area contributed by atoms with E-state index in [1.807, 2.05) is 35.2 Å². The molecule has 6 nitrogen and oxygen atoms in total. The molecule has 0 spiro atoms. The highest BCUT2D eigenvalue weighted by Gasteiger charge is 2.28. The van der Waals surface area contributed by atoms with Gasteiger partial charge in [-0.05, 0) is 53.5 Å². The minimum Gasteiger partial charge on any atom is -0.508 e. The first kappa shape index (κ1) is 20.7. The Bertz CT molecular complexity index is 1370. The number of phenols is 1. The number of carbonyl (C=O) groups is 1. The molecule has 32 heavy (non-hydrogen) atoms. The molecule has 0 saturated carbocycles. The van der Waals surface area contributed by atoms with Crippen LogP contribution in [0.5, 0.6) is 5.75 Å². The summed E-state index contributed by atoms with van der Waals surface area (Å²) in [6.07, 6.45) is 1.36. The number of aromatic hydroxyl groups is 1. The van der Waals surface area contributed by atoms with Gasteiger partial charge in [0, 0.05) is 31.2 Å². The van der Waals surface area contributed by atoms with Gasteiger partial charge in [-0.25, -0.2) is 4.98 Å². The van der Waals surface area contributed by atoms with Gasteiger partial charge < -0.3 is 14.9 Å². The average Bonchev–Trinajstić information content (AvgIpc) is 3.19. The highest BCUT2D eigenvalue weighted by Crippen LogP contribution is 2.40. The monoisotopic (exact) mass is 464 g/mol. The van der Waals surface area contributed by atoms with Crippen molar-refractivity contribution in [2.45, 2.75) is 13.0 Å². The Morgan fingerprint density at radius 3 is 2.84 bits per heavy atom. The van der Waals surface area contributed by atoms with E-state index in [0.717, 1.165) is 26.7 Å². The van der Waals surface area contributed by atoms with Gasteiger partial charge in [-0.3, -0.25) is 4.79 Å². The number of amides is 1. The Kier molecular flexibility index (Phi) is 5.23. The van der Waals surface area contributed by atoms with Crippen molar-refractivity contribution in [1.29, 1.82) is 0 Å². The Hall–Kier alpha value is -3.16. The van der Waals surface area contributed by atoms with Gasteiger partial charge in [0.1, 0.15) is 10.8 Å². The summed E-state index contributed by atoms with van der Waals surface area (Å²) >= 11 is 8.12. The molecule has 2 aromatic carbocycles. The second-order valence-electron chi connectivity index (χ2n) is 7.92. The average molecular weight is 465 g/mol. The van der Waals surface area contributed by atoms with Crippen molar-refractivity contribution in [3.63, 3.8) is 0 Å². The highest BCUT2D eigenvalue weighted by atomic mass is 35.5. The Balaban J connectivity index is 1.56. The van der Waals surface area contributed by atoms with E-state index in [1.54, 1.807) is 12.1 Å². The maximum Gasteiger partial charge on any atom is 0.246 e. The third-order valence-corrected chi connectivity index (χ3v) is 7.06. The number of hydrogen-bond donors (Lipinski definition) is 1. The summed E-state index contributed by atoms with van der Waals surface area (Å²) in [5.41, 5.74) is 1.98. The van der Waals surface area contributed by atoms with E-state index in [-0.39, 0.29) is 17.7 Å². The van der Waals surface area contributed by atoms with E-state index in [9.17, 15) is 9.90 Å². The quantitative estimate of drug-likeness (QED) is 0.427. The summed E-state index contributed by atoms with van der Waals surface area (Å²) in [6.45, 7) is 7.64. The normalized spacial score (nSPS) is 16.6. The molecule has 1 saturated heterocycles. The molecule has 162 valence electrons. The fourth-order valence-corrected chi connectivity index (χ4v) is 5.51. The van der Waals surface area contributed by atoms with Gasteiger partial charge in [0.15, 0.2) is 5.65 Å². The minimum atomic E-state index is -0.0432. The van der Waals surface area contributed by atoms with Crippen LogP contribution in [0.3, 0.4) is 0 Å². The van der Waals surface area contributed by atoms with E-state index in [4.69, 9.17) is 16.6 Å². The number of fused-ring (bicyclic) bond motifs is 2. The number of carbonyl (C=O) groups excluding carboxylic acids is 1. The van der Waals surface area contributed by atoms with E-state index >= 15 is 0 Å². The van der Waals surface area contributed by atoms with Gasteiger partial charge in [-0.2, -0.15) is 4.37 Å². The van der Waals surface area contributed by atoms with E-state index in [0.29, 0.717) is 36.0 Å². The molecule has 0 unspecified atom stereocenters. The third-order valence-electron chi connectivity index (χ3n) is 5.88. The summed E-state index contributed by atoms with van der Waals surface area (Å²) in [6, 6.07) is 13.3. The molecule has 8 heteroatoms. The van der Waals surface area contributed by atoms with Crippen LogP contribution in [0.4, 0.5) is 5.00 Å². The first-order valence-corrected chi connectivity index (χ1v) is 11.5. The molecular weight excluding hydrogens is 444 g/mol. The Morgan fingerprint density at radius 2 is 2.06 bits per heavy atom. The first-order chi connectivity index (χ1) is 15.5. The van der Waals surface area contributed by atoms with Crippen molar-refractivity contribution in [2.75, 3.05) is 24.5 Å². The van der Waals surface area contributed by atoms with E-state index in [1.165, 1.54) is 17.6 Å². The van der Waals surface area contributed by atoms with Gasteiger partial charge in [-0.1, -0.05) is 42.4 Å². The molecule has 1 N–H and O–H groups in total. The van der Waals surface area contributed by atoms with E-state index in [2.05, 4.69) is 22.8 Å². The first-order valence-electron chi connectivity index (χ1n) is 10.3. The number of halogens is 1. The molecule has 1 amide bonds. The molecule has 2 aromatic heterocycles. The standard InChI is InChI=1S/C24H21ClN4O2S/c1-3-21(31)28-8-9-29(14(2)13-28)24-19-12-20(25)22(26-23(19)27-32-24)18-11-16(30)10-15-6-4-5-7-17(15)18/h3-7,10-12,14,30H,1,8-9,13H2,2H3/t14-/m0/s1. The lowest BCUT2D eigenvalue weighted by molar-refractivity contribution is -0.126. The van der Waals surface area contributed by atoms with Gasteiger partial charge in [0.2, 0.25) is 5.91 Å². The van der Waals surface area contributed by atoms with Crippen molar-refractivity contribution in [1.82, 2.24) is 14.3 Å². The highest BCUT2D eigenvalue weighted by molar-refractivity contribution is 7.11. The molecule has 1 aliphatic heterocycles. The minimum absolute atomic E-state index is 0.0432. The van der Waals surface area contributed by atoms with Crippen LogP contribution in [0.15, 0.2) is 55.1 Å². The molecular formula is C24H21ClN4O2S. The summed E-state index contributed by atoms with van der Waals surface area (Å²) in [5, 5.41) is 14.5. The number of nitrogens with zero attached hydrogens (tertiary/aromatic N) is 4. The van der Waals surface area contributed by atoms with Crippen LogP contribution in [0, 0.1) is 0 Å². The topological polar surface area (TPSA) is 69.6 Å². The number of hydrogen-bond acceptors (Lipinski definition) is 6. The molecule has 4 aromatic rings. The lowest BCUT2D eigenvalue weighted by Gasteiger charge is -2.40. The zero-order valence-corrected chi connectivity index (χ0v) is 19.0. The number of pyridine rings is 1. The van der Waals surface area contributed by atoms with Crippen molar-refractivity contribution in [3.05, 3.63) is 60.1 Å². The summed E-state index contributed by atoms with van der Waals surface area (Å²) in [4.78, 5) is 20.8. The third kappa shape index (κ3) is 3.47. The van der Waals surface area contributed by atoms with E-state index < -0.39 is 0 Å². The molecule has 0 bridgehead atoms. The lowest BCUT2D eigenvalue weighted by Crippen LogP contribution is -2.53. The largest absolute Gasteiger partial charge is 0.508 e. The molecule has 3 heterocycles. The summed E-state index contributed by atoms with van der Waals surface area (Å²) < 4.78 is 4.60. The van der Waals surface area contributed by atoms with Crippen LogP contribution >= 0.6 is 23.1 Å². The van der Waals surface area contributed by atoms with Crippen LogP contribution in [-0.4, -0.2) is 50.9 Å². The van der Waals surface area contributed by atoms with Gasteiger partial charge in [0.25, 0.3) is 0 Å². The number of aromatic nitrogens is 2. The zero-order chi connectivity index (χ0) is 22.4. The van der Waals surface area contributed by atoms with Crippen molar-refractivity contribution >= 4 is 55.8 Å². The molecule has 1 aliphatic rings. The van der Waals surface area contributed by atoms with Crippen molar-refractivity contribution < 1.29 is 9.90 Å². The number of benzene rings is 2. The van der Waals surface area contributed by atoms with Crippen LogP contribution in [0.1, 0.15) is 6.92 Å². The summed E-state index contributed by atoms with van der Waals surface area (Å²) in [5.74, 6) is 0.120. The Labute approximate surface area is 194 Å². The zero-order valence-electron chi connectivity index (χ0n) is 17.5. The van der Waals surface area contributed by atoms with Crippen LogP contribution in [-0.2, 0) is 4.79 Å². The second-order valence-corrected chi connectivity index (χ2v) is 9.08. The van der Waals surface area contributed by atoms with Crippen LogP contribution < -0.4 is 4.90 Å². The predicted octanol–water partition coefficient (Wildman–Crippen LogP) is 5.09. The van der Waals surface area contributed by atoms with Crippen molar-refractivity contribution in [3.8, 4) is 17.0 Å². The fraction of sp³-hybridized carbons (Fsp3) is 0.208. The number of rotatable bonds is 3. The van der Waals surface area contributed by atoms with Gasteiger partial charge >= 0.3 is 0 Å². The lowest BCUT2D eigenvalue weighted by atomic mass is 10.0. The molecule has 0 aliphatic carbocycles. The smallest absolute Gasteiger partial charge is 0.246 e. The Morgan fingerprint density at radius 1 is 1.25 bits per heavy atom. The fourth-order valence-electron chi connectivity index (χ4n) is 4.32. The van der Waals surface area contributed by atoms with Crippen molar-refractivity contribution in [2.24, 2.45) is 0 Å². The number of anilines is 1. The SMILES string of the molecule is C=CC(=O)N1CCN(c2snc3nc(-c4cc(O)cc5ccccc45)c(Cl)cc23)[C@@H](C)C1. The maximum atomic E-state index is 12.0. The van der Waals surface area contributed by atoms with Gasteiger partial charge in [-0.15, -0.1) is 0 Å². The molecule has 0 radical (unpaired) electrons. The van der Waals surface area contributed by atoms with Crippen LogP contribution in [0.2, 0.25) is 5.02 Å². The molecule has 1 fully saturated rings. The molecule has 1 atom stereocenters. The maximum absolute atomic E-state index is 12.0. The summed E-state index contributed by atoms with van der Waals surface area (Å²) in [7, 11) is 0. The number of piperazine rings is 1. The second kappa shape index (κ2) is 8.07. The van der Waals surface area contributed by atoms with Crippen LogP contribution in [0.25, 0.3) is 33.1 Å². The predicted molar refractivity (Wildman–Crippen MR) is 131 cm³/mol. The molecule has 5 rings (SSSR count). The van der Waals surface area contributed by atoms with Gasteiger partial charge in [0.05, 0.1) is 16.1 Å².